The summed E-state index contributed by atoms with van der Waals surface area (Å²) in [5, 5.41) is 11.0. The molecule has 0 aliphatic carbocycles. The fourth-order valence-corrected chi connectivity index (χ4v) is 1.93. The van der Waals surface area contributed by atoms with E-state index in [1.54, 1.807) is 23.9 Å². The van der Waals surface area contributed by atoms with Crippen molar-refractivity contribution < 1.29 is 9.66 Å². The Kier molecular flexibility index (Phi) is 4.24. The van der Waals surface area contributed by atoms with Crippen LogP contribution in [0.15, 0.2) is 41.3 Å². The van der Waals surface area contributed by atoms with E-state index in [0.717, 1.165) is 4.90 Å². The molecule has 0 N–H and O–H groups in total. The average molecular weight is 297 g/mol. The number of thioether (sulfide) groups is 1. The van der Waals surface area contributed by atoms with Gasteiger partial charge in [0.2, 0.25) is 0 Å². The van der Waals surface area contributed by atoms with Crippen molar-refractivity contribution in [3.8, 4) is 11.6 Å². The largest absolute Gasteiger partial charge is 0.434 e. The lowest BCUT2D eigenvalue weighted by Crippen LogP contribution is -1.96. The van der Waals surface area contributed by atoms with E-state index in [1.807, 2.05) is 18.4 Å². The highest BCUT2D eigenvalue weighted by molar-refractivity contribution is 7.98. The molecule has 0 fully saturated rings. The maximum atomic E-state index is 10.9. The highest BCUT2D eigenvalue weighted by Crippen LogP contribution is 2.31. The first-order chi connectivity index (χ1) is 9.10. The third kappa shape index (κ3) is 3.36. The first-order valence-electron chi connectivity index (χ1n) is 5.23. The minimum absolute atomic E-state index is 0.116. The van der Waals surface area contributed by atoms with Crippen LogP contribution in [0.5, 0.6) is 11.6 Å². The van der Waals surface area contributed by atoms with Crippen LogP contribution in [0.1, 0.15) is 0 Å². The summed E-state index contributed by atoms with van der Waals surface area (Å²) in [7, 11) is 0. The Morgan fingerprint density at radius 2 is 1.95 bits per heavy atom. The van der Waals surface area contributed by atoms with Crippen molar-refractivity contribution in [1.82, 2.24) is 4.98 Å². The van der Waals surface area contributed by atoms with E-state index < -0.39 is 4.92 Å². The lowest BCUT2D eigenvalue weighted by molar-refractivity contribution is -0.386. The number of nitro groups is 1. The molecule has 0 radical (unpaired) electrons. The van der Waals surface area contributed by atoms with Gasteiger partial charge in [-0.2, -0.15) is 4.98 Å². The van der Waals surface area contributed by atoms with Gasteiger partial charge < -0.3 is 4.74 Å². The second-order valence-corrected chi connectivity index (χ2v) is 4.76. The number of rotatable bonds is 4. The van der Waals surface area contributed by atoms with Crippen LogP contribution in [0, 0.1) is 10.1 Å². The standard InChI is InChI=1S/C12H9ClN2O3S/c1-19-9-4-2-8(3-5-9)18-12-10(15(16)17)6-7-11(13)14-12/h2-7H,1H3. The Hall–Kier alpha value is -1.79. The van der Waals surface area contributed by atoms with Crippen LogP contribution in [0.4, 0.5) is 5.69 Å². The summed E-state index contributed by atoms with van der Waals surface area (Å²) >= 11 is 7.31. The molecule has 98 valence electrons. The molecule has 0 aliphatic heterocycles. The van der Waals surface area contributed by atoms with Gasteiger partial charge in [-0.1, -0.05) is 11.6 Å². The summed E-state index contributed by atoms with van der Waals surface area (Å²) in [4.78, 5) is 15.2. The molecule has 0 aliphatic rings. The van der Waals surface area contributed by atoms with Gasteiger partial charge in [0.15, 0.2) is 0 Å². The van der Waals surface area contributed by atoms with Crippen molar-refractivity contribution in [1.29, 1.82) is 0 Å². The van der Waals surface area contributed by atoms with Crippen LogP contribution in [0.3, 0.4) is 0 Å². The summed E-state index contributed by atoms with van der Waals surface area (Å²) in [6.45, 7) is 0. The van der Waals surface area contributed by atoms with Gasteiger partial charge in [0.05, 0.1) is 4.92 Å². The normalized spacial score (nSPS) is 10.2. The lowest BCUT2D eigenvalue weighted by Gasteiger charge is -2.06. The molecule has 0 atom stereocenters. The predicted molar refractivity (Wildman–Crippen MR) is 74.2 cm³/mol. The lowest BCUT2D eigenvalue weighted by atomic mass is 10.3. The molecule has 0 saturated carbocycles. The molecule has 0 bridgehead atoms. The minimum Gasteiger partial charge on any atom is -0.434 e. The van der Waals surface area contributed by atoms with E-state index >= 15 is 0 Å². The number of benzene rings is 1. The predicted octanol–water partition coefficient (Wildman–Crippen LogP) is 4.16. The van der Waals surface area contributed by atoms with Gasteiger partial charge in [0.25, 0.3) is 0 Å². The molecule has 0 unspecified atom stereocenters. The molecular weight excluding hydrogens is 288 g/mol. The molecule has 2 rings (SSSR count). The maximum Gasteiger partial charge on any atom is 0.331 e. The molecule has 0 saturated heterocycles. The summed E-state index contributed by atoms with van der Waals surface area (Å²) < 4.78 is 5.40. The highest BCUT2D eigenvalue weighted by atomic mass is 35.5. The molecule has 1 heterocycles. The zero-order valence-electron chi connectivity index (χ0n) is 9.87. The van der Waals surface area contributed by atoms with Gasteiger partial charge in [-0.15, -0.1) is 11.8 Å². The number of halogens is 1. The van der Waals surface area contributed by atoms with E-state index in [4.69, 9.17) is 16.3 Å². The third-order valence-electron chi connectivity index (χ3n) is 2.28. The number of pyridine rings is 1. The summed E-state index contributed by atoms with van der Waals surface area (Å²) in [5.41, 5.74) is -0.224. The second kappa shape index (κ2) is 5.90. The molecule has 1 aromatic carbocycles. The van der Waals surface area contributed by atoms with Crippen molar-refractivity contribution in [2.24, 2.45) is 0 Å². The summed E-state index contributed by atoms with van der Waals surface area (Å²) in [5.74, 6) is 0.352. The molecule has 7 heteroatoms. The van der Waals surface area contributed by atoms with Crippen LogP contribution in [-0.2, 0) is 0 Å². The highest BCUT2D eigenvalue weighted by Gasteiger charge is 2.18. The number of hydrogen-bond donors (Lipinski definition) is 0. The van der Waals surface area contributed by atoms with Crippen molar-refractivity contribution in [2.75, 3.05) is 6.26 Å². The second-order valence-electron chi connectivity index (χ2n) is 3.49. The van der Waals surface area contributed by atoms with Gasteiger partial charge in [0, 0.05) is 11.0 Å². The van der Waals surface area contributed by atoms with E-state index in [0.29, 0.717) is 5.75 Å². The average Bonchev–Trinajstić information content (AvgIpc) is 2.39. The summed E-state index contributed by atoms with van der Waals surface area (Å²) in [6.07, 6.45) is 1.96. The Balaban J connectivity index is 2.31. The molecule has 19 heavy (non-hydrogen) atoms. The Labute approximate surface area is 118 Å². The quantitative estimate of drug-likeness (QED) is 0.367. The minimum atomic E-state index is -0.561. The van der Waals surface area contributed by atoms with Gasteiger partial charge in [0.1, 0.15) is 10.9 Å². The van der Waals surface area contributed by atoms with Crippen LogP contribution < -0.4 is 4.74 Å². The van der Waals surface area contributed by atoms with Gasteiger partial charge >= 0.3 is 11.6 Å². The smallest absolute Gasteiger partial charge is 0.331 e. The maximum absolute atomic E-state index is 10.9. The van der Waals surface area contributed by atoms with Crippen molar-refractivity contribution in [2.45, 2.75) is 4.90 Å². The fourth-order valence-electron chi connectivity index (χ4n) is 1.38. The Bertz CT molecular complexity index is 604. The number of nitrogens with zero attached hydrogens (tertiary/aromatic N) is 2. The van der Waals surface area contributed by atoms with Crippen molar-refractivity contribution in [3.05, 3.63) is 51.7 Å². The zero-order valence-corrected chi connectivity index (χ0v) is 11.4. The van der Waals surface area contributed by atoms with Crippen LogP contribution in [-0.4, -0.2) is 16.2 Å². The van der Waals surface area contributed by atoms with Gasteiger partial charge in [-0.3, -0.25) is 10.1 Å². The van der Waals surface area contributed by atoms with Gasteiger partial charge in [-0.25, -0.2) is 0 Å². The number of hydrogen-bond acceptors (Lipinski definition) is 5. The molecule has 1 aromatic heterocycles. The third-order valence-corrected chi connectivity index (χ3v) is 3.23. The van der Waals surface area contributed by atoms with E-state index in [9.17, 15) is 10.1 Å². The van der Waals surface area contributed by atoms with Crippen LogP contribution in [0.25, 0.3) is 0 Å². The Morgan fingerprint density at radius 1 is 1.26 bits per heavy atom. The van der Waals surface area contributed by atoms with Gasteiger partial charge in [-0.05, 0) is 36.6 Å². The first-order valence-corrected chi connectivity index (χ1v) is 6.83. The van der Waals surface area contributed by atoms with Crippen LogP contribution >= 0.6 is 23.4 Å². The zero-order chi connectivity index (χ0) is 13.8. The first kappa shape index (κ1) is 13.6. The molecule has 0 spiro atoms. The topological polar surface area (TPSA) is 65.3 Å². The monoisotopic (exact) mass is 296 g/mol. The molecule has 2 aromatic rings. The van der Waals surface area contributed by atoms with E-state index in [-0.39, 0.29) is 16.7 Å². The number of aromatic nitrogens is 1. The van der Waals surface area contributed by atoms with Crippen molar-refractivity contribution >= 4 is 29.1 Å². The Morgan fingerprint density at radius 3 is 2.53 bits per heavy atom. The van der Waals surface area contributed by atoms with Crippen LogP contribution in [0.2, 0.25) is 5.15 Å². The number of ether oxygens (including phenoxy) is 1. The SMILES string of the molecule is CSc1ccc(Oc2nc(Cl)ccc2[N+](=O)[O-])cc1. The molecule has 5 nitrogen and oxygen atoms in total. The van der Waals surface area contributed by atoms with E-state index in [2.05, 4.69) is 4.98 Å². The molecular formula is C12H9ClN2O3S. The van der Waals surface area contributed by atoms with Crippen molar-refractivity contribution in [3.63, 3.8) is 0 Å². The molecule has 0 amide bonds. The summed E-state index contributed by atoms with van der Waals surface area (Å²) in [6, 6.07) is 9.77. The van der Waals surface area contributed by atoms with E-state index in [1.165, 1.54) is 12.1 Å². The fraction of sp³-hybridized carbons (Fsp3) is 0.0833.